The zero-order valence-electron chi connectivity index (χ0n) is 24.7. The third kappa shape index (κ3) is 7.67. The van der Waals surface area contributed by atoms with Gasteiger partial charge in [-0.25, -0.2) is 13.6 Å². The molecule has 234 valence electrons. The van der Waals surface area contributed by atoms with Gasteiger partial charge in [-0.1, -0.05) is 30.3 Å². The van der Waals surface area contributed by atoms with Crippen molar-refractivity contribution in [3.8, 4) is 34.2 Å². The van der Waals surface area contributed by atoms with Gasteiger partial charge in [0.2, 0.25) is 0 Å². The van der Waals surface area contributed by atoms with Crippen LogP contribution >= 0.6 is 0 Å². The molecule has 1 amide bonds. The number of carbonyl (C=O) groups is 1. The molecular formula is C33H28F5N3O4. The number of carbonyl (C=O) groups excluding carboxylic acids is 1. The molecule has 0 aliphatic carbocycles. The minimum absolute atomic E-state index is 0.137. The lowest BCUT2D eigenvalue weighted by molar-refractivity contribution is -0.137. The van der Waals surface area contributed by atoms with Crippen molar-refractivity contribution in [2.24, 2.45) is 0 Å². The number of hydrogen-bond acceptors (Lipinski definition) is 5. The van der Waals surface area contributed by atoms with Crippen LogP contribution in [0.4, 0.5) is 32.4 Å². The smallest absolute Gasteiger partial charge is 0.417 e. The maximum atomic E-state index is 14.6. The third-order valence-electron chi connectivity index (χ3n) is 6.47. The van der Waals surface area contributed by atoms with E-state index < -0.39 is 52.7 Å². The number of nitriles is 1. The van der Waals surface area contributed by atoms with Crippen LogP contribution in [0.25, 0.3) is 22.4 Å². The molecule has 4 aromatic rings. The average Bonchev–Trinajstić information content (AvgIpc) is 2.94. The number of aromatic nitrogens is 1. The van der Waals surface area contributed by atoms with Gasteiger partial charge in [0.05, 0.1) is 30.1 Å². The predicted molar refractivity (Wildman–Crippen MR) is 158 cm³/mol. The molecule has 7 nitrogen and oxygen atoms in total. The molecule has 1 aromatic heterocycles. The topological polar surface area (TPSA) is 93.4 Å². The Kier molecular flexibility index (Phi) is 9.32. The van der Waals surface area contributed by atoms with E-state index in [1.807, 2.05) is 0 Å². The molecule has 0 spiro atoms. The van der Waals surface area contributed by atoms with Crippen LogP contribution in [-0.2, 0) is 17.5 Å². The number of benzene rings is 3. The van der Waals surface area contributed by atoms with E-state index in [0.717, 1.165) is 16.7 Å². The van der Waals surface area contributed by atoms with E-state index in [9.17, 15) is 36.8 Å². The van der Waals surface area contributed by atoms with Gasteiger partial charge in [-0.3, -0.25) is 10.1 Å². The quantitative estimate of drug-likeness (QED) is 0.209. The summed E-state index contributed by atoms with van der Waals surface area (Å²) in [6.45, 7) is 6.59. The van der Waals surface area contributed by atoms with Gasteiger partial charge >= 0.3 is 12.3 Å². The number of ether oxygens (including phenoxy) is 2. The van der Waals surface area contributed by atoms with Crippen LogP contribution < -0.4 is 15.6 Å². The molecule has 0 fully saturated rings. The van der Waals surface area contributed by atoms with Crippen LogP contribution in [0.15, 0.2) is 71.5 Å². The normalized spacial score (nSPS) is 11.6. The second-order valence-corrected chi connectivity index (χ2v) is 10.9. The number of halogens is 5. The molecule has 45 heavy (non-hydrogen) atoms. The number of amides is 1. The first-order valence-electron chi connectivity index (χ1n) is 13.7. The zero-order chi connectivity index (χ0) is 33.1. The fourth-order valence-electron chi connectivity index (χ4n) is 4.55. The third-order valence-corrected chi connectivity index (χ3v) is 6.47. The van der Waals surface area contributed by atoms with Crippen molar-refractivity contribution < 1.29 is 36.2 Å². The Morgan fingerprint density at radius 3 is 2.27 bits per heavy atom. The first-order valence-corrected chi connectivity index (χ1v) is 13.7. The Morgan fingerprint density at radius 1 is 0.956 bits per heavy atom. The second kappa shape index (κ2) is 12.8. The van der Waals surface area contributed by atoms with Crippen LogP contribution in [0.1, 0.15) is 44.4 Å². The van der Waals surface area contributed by atoms with Crippen molar-refractivity contribution in [1.29, 1.82) is 5.26 Å². The molecule has 12 heteroatoms. The van der Waals surface area contributed by atoms with Gasteiger partial charge in [-0.15, -0.1) is 0 Å². The molecule has 0 atom stereocenters. The van der Waals surface area contributed by atoms with Crippen LogP contribution in [0.5, 0.6) is 5.75 Å². The summed E-state index contributed by atoms with van der Waals surface area (Å²) in [7, 11) is 0. The molecule has 4 rings (SSSR count). The molecule has 0 aliphatic heterocycles. The Morgan fingerprint density at radius 2 is 1.64 bits per heavy atom. The van der Waals surface area contributed by atoms with Gasteiger partial charge in [0.25, 0.3) is 5.56 Å². The molecular weight excluding hydrogens is 597 g/mol. The Labute approximate surface area is 255 Å². The highest BCUT2D eigenvalue weighted by molar-refractivity contribution is 5.89. The van der Waals surface area contributed by atoms with Gasteiger partial charge in [0, 0.05) is 11.6 Å². The van der Waals surface area contributed by atoms with Crippen molar-refractivity contribution in [3.05, 3.63) is 105 Å². The van der Waals surface area contributed by atoms with Gasteiger partial charge in [-0.2, -0.15) is 18.4 Å². The molecule has 0 saturated carbocycles. The van der Waals surface area contributed by atoms with E-state index in [-0.39, 0.29) is 22.5 Å². The van der Waals surface area contributed by atoms with Gasteiger partial charge in [0.1, 0.15) is 34.6 Å². The van der Waals surface area contributed by atoms with Crippen LogP contribution in [-0.4, -0.2) is 22.9 Å². The average molecular weight is 626 g/mol. The number of nitrogens with one attached hydrogen (secondary N) is 1. The zero-order valence-corrected chi connectivity index (χ0v) is 24.7. The standard InChI is InChI=1S/C33H28F5N3O4/c1-5-44-29-12-10-20(14-27(29)40-31(43)45-32(2,3)4)19-7-6-8-21(13-19)28-16-25(33(36,37)38)24(17-39)30(42)41(28)18-22-9-11-23(34)15-26(22)35/h6-16H,5,18H2,1-4H3,(H,40,43). The first kappa shape index (κ1) is 32.7. The summed E-state index contributed by atoms with van der Waals surface area (Å²) < 4.78 is 82.0. The largest absolute Gasteiger partial charge is 0.492 e. The van der Waals surface area contributed by atoms with Crippen LogP contribution in [0.2, 0.25) is 0 Å². The van der Waals surface area contributed by atoms with E-state index in [4.69, 9.17) is 9.47 Å². The molecule has 0 saturated heterocycles. The van der Waals surface area contributed by atoms with Crippen molar-refractivity contribution in [2.45, 2.75) is 46.0 Å². The van der Waals surface area contributed by atoms with Gasteiger partial charge in [0.15, 0.2) is 0 Å². The number of hydrogen-bond donors (Lipinski definition) is 1. The summed E-state index contributed by atoms with van der Waals surface area (Å²) in [5, 5.41) is 12.1. The number of alkyl halides is 3. The Bertz CT molecular complexity index is 1850. The number of rotatable bonds is 7. The summed E-state index contributed by atoms with van der Waals surface area (Å²) in [5.41, 5.74) is -3.69. The van der Waals surface area contributed by atoms with E-state index in [2.05, 4.69) is 5.32 Å². The van der Waals surface area contributed by atoms with Crippen LogP contribution in [0.3, 0.4) is 0 Å². The first-order chi connectivity index (χ1) is 21.1. The Hall–Kier alpha value is -5.18. The highest BCUT2D eigenvalue weighted by Crippen LogP contribution is 2.36. The fraction of sp³-hybridized carbons (Fsp3) is 0.242. The van der Waals surface area contributed by atoms with E-state index in [0.29, 0.717) is 35.6 Å². The summed E-state index contributed by atoms with van der Waals surface area (Å²) in [5.74, 6) is -1.54. The minimum Gasteiger partial charge on any atom is -0.492 e. The molecule has 1 N–H and O–H groups in total. The molecule has 3 aromatic carbocycles. The number of pyridine rings is 1. The SMILES string of the molecule is CCOc1ccc(-c2cccc(-c3cc(C(F)(F)F)c(C#N)c(=O)n3Cc3ccc(F)cc3F)c2)cc1NC(=O)OC(C)(C)C. The highest BCUT2D eigenvalue weighted by Gasteiger charge is 2.36. The predicted octanol–water partition coefficient (Wildman–Crippen LogP) is 8.14. The molecule has 0 aliphatic rings. The summed E-state index contributed by atoms with van der Waals surface area (Å²) in [6, 6.07) is 15.6. The van der Waals surface area contributed by atoms with Crippen molar-refractivity contribution >= 4 is 11.8 Å². The molecule has 0 bridgehead atoms. The van der Waals surface area contributed by atoms with E-state index >= 15 is 0 Å². The van der Waals surface area contributed by atoms with Crippen LogP contribution in [0, 0.1) is 23.0 Å². The van der Waals surface area contributed by atoms with Crippen molar-refractivity contribution in [2.75, 3.05) is 11.9 Å². The van der Waals surface area contributed by atoms with Gasteiger partial charge in [-0.05, 0) is 74.7 Å². The second-order valence-electron chi connectivity index (χ2n) is 10.9. The minimum atomic E-state index is -5.05. The summed E-state index contributed by atoms with van der Waals surface area (Å²) >= 11 is 0. The summed E-state index contributed by atoms with van der Waals surface area (Å²) in [4.78, 5) is 25.8. The lowest BCUT2D eigenvalue weighted by Crippen LogP contribution is -2.29. The number of anilines is 1. The Balaban J connectivity index is 1.88. The van der Waals surface area contributed by atoms with Crippen molar-refractivity contribution in [1.82, 2.24) is 4.57 Å². The van der Waals surface area contributed by atoms with E-state index in [1.165, 1.54) is 18.2 Å². The van der Waals surface area contributed by atoms with Crippen molar-refractivity contribution in [3.63, 3.8) is 0 Å². The lowest BCUT2D eigenvalue weighted by Gasteiger charge is -2.21. The van der Waals surface area contributed by atoms with E-state index in [1.54, 1.807) is 58.0 Å². The molecule has 0 unspecified atom stereocenters. The molecule has 1 heterocycles. The maximum Gasteiger partial charge on any atom is 0.417 e. The molecule has 0 radical (unpaired) electrons. The van der Waals surface area contributed by atoms with Gasteiger partial charge < -0.3 is 14.0 Å². The lowest BCUT2D eigenvalue weighted by atomic mass is 9.98. The number of nitrogens with zero attached hydrogens (tertiary/aromatic N) is 2. The summed E-state index contributed by atoms with van der Waals surface area (Å²) in [6.07, 6.45) is -5.78. The monoisotopic (exact) mass is 625 g/mol. The highest BCUT2D eigenvalue weighted by atomic mass is 19.4. The maximum absolute atomic E-state index is 14.6. The fourth-order valence-corrected chi connectivity index (χ4v) is 4.55.